The van der Waals surface area contributed by atoms with Gasteiger partial charge in [0.1, 0.15) is 5.75 Å². The lowest BCUT2D eigenvalue weighted by Gasteiger charge is -2.28. The van der Waals surface area contributed by atoms with Crippen molar-refractivity contribution in [1.29, 1.82) is 0 Å². The summed E-state index contributed by atoms with van der Waals surface area (Å²) >= 11 is 0. The molecule has 0 spiro atoms. The number of likely N-dealkylation sites (N-methyl/N-ethyl adjacent to an activating group) is 1. The summed E-state index contributed by atoms with van der Waals surface area (Å²) in [5.74, 6) is 0.812. The molecule has 0 amide bonds. The number of ether oxygens (including phenoxy) is 1. The molecule has 0 atom stereocenters. The van der Waals surface area contributed by atoms with Gasteiger partial charge in [0, 0.05) is 12.1 Å². The van der Waals surface area contributed by atoms with Crippen LogP contribution in [0.25, 0.3) is 0 Å². The fourth-order valence-corrected chi connectivity index (χ4v) is 2.86. The summed E-state index contributed by atoms with van der Waals surface area (Å²) in [4.78, 5) is 14.1. The summed E-state index contributed by atoms with van der Waals surface area (Å²) in [5.41, 5.74) is 0.0747. The molecular formula is C16H23NO3. The van der Waals surface area contributed by atoms with Gasteiger partial charge in [0.15, 0.2) is 5.78 Å². The highest BCUT2D eigenvalue weighted by Crippen LogP contribution is 2.29. The maximum atomic E-state index is 12.2. The van der Waals surface area contributed by atoms with Crippen LogP contribution in [0.1, 0.15) is 36.0 Å². The maximum absolute atomic E-state index is 12.2. The molecule has 4 nitrogen and oxygen atoms in total. The zero-order valence-corrected chi connectivity index (χ0v) is 12.3. The number of Topliss-reactive ketones (excluding diaryl/α,β-unsaturated/α-hetero) is 1. The van der Waals surface area contributed by atoms with E-state index in [4.69, 9.17) is 4.74 Å². The largest absolute Gasteiger partial charge is 0.497 e. The normalized spacial score (nSPS) is 17.4. The first-order chi connectivity index (χ1) is 9.52. The quantitative estimate of drug-likeness (QED) is 0.809. The molecule has 1 aromatic carbocycles. The highest BCUT2D eigenvalue weighted by atomic mass is 16.5. The van der Waals surface area contributed by atoms with Gasteiger partial charge in [0.2, 0.25) is 0 Å². The third kappa shape index (κ3) is 3.81. The molecule has 0 aromatic heterocycles. The van der Waals surface area contributed by atoms with Gasteiger partial charge >= 0.3 is 0 Å². The van der Waals surface area contributed by atoms with Crippen LogP contribution in [-0.4, -0.2) is 48.6 Å². The molecule has 1 aromatic rings. The van der Waals surface area contributed by atoms with E-state index >= 15 is 0 Å². The van der Waals surface area contributed by atoms with Crippen molar-refractivity contribution in [3.8, 4) is 5.75 Å². The van der Waals surface area contributed by atoms with E-state index in [9.17, 15) is 9.90 Å². The third-order valence-corrected chi connectivity index (χ3v) is 3.92. The van der Waals surface area contributed by atoms with Crippen LogP contribution in [0.4, 0.5) is 0 Å². The molecule has 0 bridgehead atoms. The molecule has 0 saturated heterocycles. The van der Waals surface area contributed by atoms with Gasteiger partial charge in [-0.2, -0.15) is 0 Å². The standard InChI is InChI=1S/C16H23NO3/c1-17(12-16(19)9-3-4-10-16)11-15(18)13-5-7-14(20-2)8-6-13/h5-8,19H,3-4,9-12H2,1-2H3. The molecule has 0 heterocycles. The average Bonchev–Trinajstić information content (AvgIpc) is 2.84. The van der Waals surface area contributed by atoms with Crippen molar-refractivity contribution in [1.82, 2.24) is 4.90 Å². The SMILES string of the molecule is COc1ccc(C(=O)CN(C)CC2(O)CCCC2)cc1. The van der Waals surface area contributed by atoms with E-state index in [-0.39, 0.29) is 5.78 Å². The van der Waals surface area contributed by atoms with Crippen LogP contribution in [0.2, 0.25) is 0 Å². The number of benzene rings is 1. The van der Waals surface area contributed by atoms with Crippen molar-refractivity contribution < 1.29 is 14.6 Å². The van der Waals surface area contributed by atoms with Crippen LogP contribution in [0.5, 0.6) is 5.75 Å². The Labute approximate surface area is 120 Å². The second-order valence-electron chi connectivity index (χ2n) is 5.76. The summed E-state index contributed by atoms with van der Waals surface area (Å²) in [6, 6.07) is 7.13. The van der Waals surface area contributed by atoms with Crippen LogP contribution < -0.4 is 4.74 Å². The number of rotatable bonds is 6. The third-order valence-electron chi connectivity index (χ3n) is 3.92. The Kier molecular flexibility index (Phi) is 4.78. The van der Waals surface area contributed by atoms with Gasteiger partial charge in [0.05, 0.1) is 19.3 Å². The molecule has 1 saturated carbocycles. The Balaban J connectivity index is 1.89. The molecule has 110 valence electrons. The fraction of sp³-hybridized carbons (Fsp3) is 0.562. The van der Waals surface area contributed by atoms with Crippen LogP contribution in [0.15, 0.2) is 24.3 Å². The number of hydrogen-bond acceptors (Lipinski definition) is 4. The predicted octanol–water partition coefficient (Wildman–Crippen LogP) is 2.11. The van der Waals surface area contributed by atoms with E-state index < -0.39 is 5.60 Å². The van der Waals surface area contributed by atoms with E-state index in [1.165, 1.54) is 0 Å². The van der Waals surface area contributed by atoms with E-state index in [1.807, 2.05) is 11.9 Å². The lowest BCUT2D eigenvalue weighted by molar-refractivity contribution is 0.0172. The fourth-order valence-electron chi connectivity index (χ4n) is 2.86. The zero-order chi connectivity index (χ0) is 14.6. The molecule has 1 aliphatic rings. The number of ketones is 1. The number of aliphatic hydroxyl groups is 1. The van der Waals surface area contributed by atoms with Crippen molar-refractivity contribution in [3.05, 3.63) is 29.8 Å². The minimum atomic E-state index is -0.602. The Morgan fingerprint density at radius 3 is 2.45 bits per heavy atom. The monoisotopic (exact) mass is 277 g/mol. The smallest absolute Gasteiger partial charge is 0.176 e. The highest BCUT2D eigenvalue weighted by molar-refractivity contribution is 5.97. The second-order valence-corrected chi connectivity index (χ2v) is 5.76. The van der Waals surface area contributed by atoms with E-state index in [0.717, 1.165) is 31.4 Å². The molecular weight excluding hydrogens is 254 g/mol. The Morgan fingerprint density at radius 2 is 1.90 bits per heavy atom. The van der Waals surface area contributed by atoms with Crippen LogP contribution >= 0.6 is 0 Å². The highest BCUT2D eigenvalue weighted by Gasteiger charge is 2.32. The lowest BCUT2D eigenvalue weighted by Crippen LogP contribution is -2.41. The minimum Gasteiger partial charge on any atom is -0.497 e. The van der Waals surface area contributed by atoms with Gasteiger partial charge in [-0.25, -0.2) is 0 Å². The number of methoxy groups -OCH3 is 1. The van der Waals surface area contributed by atoms with Gasteiger partial charge in [-0.15, -0.1) is 0 Å². The topological polar surface area (TPSA) is 49.8 Å². The number of carbonyl (C=O) groups excluding carboxylic acids is 1. The molecule has 4 heteroatoms. The number of hydrogen-bond donors (Lipinski definition) is 1. The van der Waals surface area contributed by atoms with Gasteiger partial charge in [0.25, 0.3) is 0 Å². The average molecular weight is 277 g/mol. The van der Waals surface area contributed by atoms with Crippen LogP contribution in [-0.2, 0) is 0 Å². The molecule has 2 rings (SSSR count). The van der Waals surface area contributed by atoms with Gasteiger partial charge in [-0.1, -0.05) is 12.8 Å². The van der Waals surface area contributed by atoms with Crippen LogP contribution in [0, 0.1) is 0 Å². The van der Waals surface area contributed by atoms with Gasteiger partial charge in [-0.3, -0.25) is 9.69 Å². The van der Waals surface area contributed by atoms with Gasteiger partial charge in [-0.05, 0) is 44.2 Å². The summed E-state index contributed by atoms with van der Waals surface area (Å²) in [6.45, 7) is 0.892. The summed E-state index contributed by atoms with van der Waals surface area (Å²) in [7, 11) is 3.49. The molecule has 0 aliphatic heterocycles. The van der Waals surface area contributed by atoms with E-state index in [2.05, 4.69) is 0 Å². The van der Waals surface area contributed by atoms with Crippen molar-refractivity contribution in [3.63, 3.8) is 0 Å². The van der Waals surface area contributed by atoms with Crippen molar-refractivity contribution in [2.24, 2.45) is 0 Å². The maximum Gasteiger partial charge on any atom is 0.176 e. The predicted molar refractivity (Wildman–Crippen MR) is 78.2 cm³/mol. The molecule has 1 aliphatic carbocycles. The van der Waals surface area contributed by atoms with Crippen molar-refractivity contribution in [2.75, 3.05) is 27.2 Å². The Morgan fingerprint density at radius 1 is 1.30 bits per heavy atom. The lowest BCUT2D eigenvalue weighted by atomic mass is 10.0. The summed E-state index contributed by atoms with van der Waals surface area (Å²) in [5, 5.41) is 10.3. The van der Waals surface area contributed by atoms with Crippen LogP contribution in [0.3, 0.4) is 0 Å². The molecule has 1 N–H and O–H groups in total. The first kappa shape index (κ1) is 15.0. The molecule has 0 radical (unpaired) electrons. The first-order valence-corrected chi connectivity index (χ1v) is 7.11. The summed E-state index contributed by atoms with van der Waals surface area (Å²) < 4.78 is 5.08. The number of nitrogens with zero attached hydrogens (tertiary/aromatic N) is 1. The van der Waals surface area contributed by atoms with E-state index in [0.29, 0.717) is 18.7 Å². The summed E-state index contributed by atoms with van der Waals surface area (Å²) in [6.07, 6.45) is 3.84. The molecule has 1 fully saturated rings. The zero-order valence-electron chi connectivity index (χ0n) is 12.3. The Bertz CT molecular complexity index is 449. The van der Waals surface area contributed by atoms with Crippen molar-refractivity contribution >= 4 is 5.78 Å². The molecule has 0 unspecified atom stereocenters. The Hall–Kier alpha value is -1.39. The molecule has 20 heavy (non-hydrogen) atoms. The second kappa shape index (κ2) is 6.37. The van der Waals surface area contributed by atoms with Crippen molar-refractivity contribution in [2.45, 2.75) is 31.3 Å². The van der Waals surface area contributed by atoms with Gasteiger partial charge < -0.3 is 9.84 Å². The number of carbonyl (C=O) groups is 1. The first-order valence-electron chi connectivity index (χ1n) is 7.11. The van der Waals surface area contributed by atoms with E-state index in [1.54, 1.807) is 31.4 Å². The minimum absolute atomic E-state index is 0.0664.